The first-order valence-electron chi connectivity index (χ1n) is 12.2. The minimum Gasteiger partial charge on any atom is -0.508 e. The van der Waals surface area contributed by atoms with E-state index in [9.17, 15) is 9.50 Å². The van der Waals surface area contributed by atoms with Crippen molar-refractivity contribution in [3.8, 4) is 17.2 Å². The molecule has 1 N–H and O–H groups in total. The molecule has 1 fully saturated rings. The van der Waals surface area contributed by atoms with Crippen LogP contribution >= 0.6 is 0 Å². The van der Waals surface area contributed by atoms with Gasteiger partial charge in [0.2, 0.25) is 0 Å². The van der Waals surface area contributed by atoms with Crippen LogP contribution in [0.25, 0.3) is 5.57 Å². The van der Waals surface area contributed by atoms with E-state index in [1.807, 2.05) is 18.2 Å². The summed E-state index contributed by atoms with van der Waals surface area (Å²) in [6, 6.07) is 13.4. The Morgan fingerprint density at radius 3 is 2.68 bits per heavy atom. The van der Waals surface area contributed by atoms with Crippen LogP contribution in [0.3, 0.4) is 0 Å². The molecule has 0 spiro atoms. The van der Waals surface area contributed by atoms with E-state index in [0.717, 1.165) is 67.1 Å². The second-order valence-corrected chi connectivity index (χ2v) is 9.68. The van der Waals surface area contributed by atoms with E-state index < -0.39 is 0 Å². The minimum absolute atomic E-state index is 0.199. The van der Waals surface area contributed by atoms with Crippen LogP contribution in [0.1, 0.15) is 43.4 Å². The minimum atomic E-state index is -0.231. The Morgan fingerprint density at radius 2 is 1.97 bits per heavy atom. The Hall–Kier alpha value is -2.73. The molecule has 34 heavy (non-hydrogen) atoms. The molecular formula is C28H31BFNO3. The Balaban J connectivity index is 1.35. The van der Waals surface area contributed by atoms with Crippen LogP contribution in [-0.2, 0) is 0 Å². The molecular weight excluding hydrogens is 428 g/mol. The summed E-state index contributed by atoms with van der Waals surface area (Å²) in [7, 11) is 6.15. The maximum atomic E-state index is 12.6. The van der Waals surface area contributed by atoms with E-state index in [1.54, 1.807) is 12.1 Å². The molecule has 0 amide bonds. The smallest absolute Gasteiger partial charge is 0.149 e. The number of rotatable bonds is 7. The van der Waals surface area contributed by atoms with Crippen LogP contribution < -0.4 is 9.47 Å². The molecule has 2 aromatic rings. The highest BCUT2D eigenvalue weighted by Gasteiger charge is 2.31. The molecule has 0 aromatic heterocycles. The Bertz CT molecular complexity index is 1090. The van der Waals surface area contributed by atoms with Crippen molar-refractivity contribution in [1.82, 2.24) is 4.90 Å². The summed E-state index contributed by atoms with van der Waals surface area (Å²) in [6.45, 7) is 4.94. The van der Waals surface area contributed by atoms with Gasteiger partial charge in [0.05, 0.1) is 14.5 Å². The van der Waals surface area contributed by atoms with Gasteiger partial charge in [0.1, 0.15) is 30.0 Å². The highest BCUT2D eigenvalue weighted by molar-refractivity contribution is 6.11. The fourth-order valence-corrected chi connectivity index (χ4v) is 5.17. The van der Waals surface area contributed by atoms with E-state index in [1.165, 1.54) is 11.1 Å². The molecule has 4 nitrogen and oxygen atoms in total. The van der Waals surface area contributed by atoms with Gasteiger partial charge in [0.25, 0.3) is 0 Å². The topological polar surface area (TPSA) is 41.9 Å². The van der Waals surface area contributed by atoms with Crippen molar-refractivity contribution in [3.05, 3.63) is 70.8 Å². The maximum Gasteiger partial charge on any atom is 0.149 e. The van der Waals surface area contributed by atoms with Crippen molar-refractivity contribution in [2.24, 2.45) is 5.92 Å². The van der Waals surface area contributed by atoms with Crippen LogP contribution in [0, 0.1) is 5.92 Å². The Labute approximate surface area is 202 Å². The van der Waals surface area contributed by atoms with Gasteiger partial charge in [-0.2, -0.15) is 0 Å². The van der Waals surface area contributed by atoms with Crippen LogP contribution in [-0.4, -0.2) is 50.8 Å². The molecule has 6 heteroatoms. The zero-order valence-corrected chi connectivity index (χ0v) is 19.7. The van der Waals surface area contributed by atoms with Crippen molar-refractivity contribution in [2.45, 2.75) is 38.1 Å². The third-order valence-corrected chi connectivity index (χ3v) is 7.19. The van der Waals surface area contributed by atoms with E-state index >= 15 is 0 Å². The van der Waals surface area contributed by atoms with Crippen molar-refractivity contribution in [3.63, 3.8) is 0 Å². The number of hydrogen-bond donors (Lipinski definition) is 1. The molecule has 2 radical (unpaired) electrons. The summed E-state index contributed by atoms with van der Waals surface area (Å²) in [5.41, 5.74) is 5.57. The number of nitrogens with zero attached hydrogens (tertiary/aromatic N) is 1. The third-order valence-electron chi connectivity index (χ3n) is 7.19. The van der Waals surface area contributed by atoms with Crippen molar-refractivity contribution < 1.29 is 19.0 Å². The summed E-state index contributed by atoms with van der Waals surface area (Å²) < 4.78 is 25.0. The number of hydrogen-bond acceptors (Lipinski definition) is 4. The molecule has 1 saturated heterocycles. The number of ether oxygens (including phenoxy) is 2. The highest BCUT2D eigenvalue weighted by atomic mass is 19.1. The molecule has 2 aromatic carbocycles. The average Bonchev–Trinajstić information content (AvgIpc) is 2.82. The van der Waals surface area contributed by atoms with Crippen LogP contribution in [0.2, 0.25) is 5.82 Å². The predicted molar refractivity (Wildman–Crippen MR) is 133 cm³/mol. The molecule has 2 heterocycles. The normalized spacial score (nSPS) is 23.1. The number of fused-ring (bicyclic) bond motifs is 1. The van der Waals surface area contributed by atoms with Gasteiger partial charge in [-0.05, 0) is 66.8 Å². The lowest BCUT2D eigenvalue weighted by molar-refractivity contribution is 0.0668. The molecule has 0 saturated carbocycles. The monoisotopic (exact) mass is 459 g/mol. The predicted octanol–water partition coefficient (Wildman–Crippen LogP) is 5.65. The van der Waals surface area contributed by atoms with Crippen LogP contribution in [0.15, 0.2) is 59.7 Å². The number of alkyl halides is 1. The van der Waals surface area contributed by atoms with Gasteiger partial charge >= 0.3 is 0 Å². The molecule has 2 aliphatic heterocycles. The number of aromatic hydroxyl groups is 1. The van der Waals surface area contributed by atoms with Gasteiger partial charge in [0, 0.05) is 36.7 Å². The molecule has 3 aliphatic rings. The zero-order chi connectivity index (χ0) is 23.7. The van der Waals surface area contributed by atoms with Crippen molar-refractivity contribution >= 4 is 13.4 Å². The second-order valence-electron chi connectivity index (χ2n) is 9.68. The molecule has 2 atom stereocenters. The number of phenolic OH excluding ortho intramolecular Hbond substituents is 1. The summed E-state index contributed by atoms with van der Waals surface area (Å²) in [5, 5.41) is 10.1. The first kappa shape index (κ1) is 23.0. The lowest BCUT2D eigenvalue weighted by atomic mass is 9.73. The molecule has 176 valence electrons. The lowest BCUT2D eigenvalue weighted by Gasteiger charge is -2.37. The van der Waals surface area contributed by atoms with E-state index in [-0.39, 0.29) is 30.3 Å². The molecule has 5 rings (SSSR count). The summed E-state index contributed by atoms with van der Waals surface area (Å²) >= 11 is 0. The van der Waals surface area contributed by atoms with Crippen LogP contribution in [0.5, 0.6) is 17.2 Å². The maximum absolute atomic E-state index is 12.6. The van der Waals surface area contributed by atoms with Gasteiger partial charge < -0.3 is 14.6 Å². The average molecular weight is 459 g/mol. The lowest BCUT2D eigenvalue weighted by Crippen LogP contribution is -2.49. The summed E-state index contributed by atoms with van der Waals surface area (Å²) in [4.78, 5) is 2.22. The van der Waals surface area contributed by atoms with E-state index in [2.05, 4.69) is 30.0 Å². The third kappa shape index (κ3) is 4.74. The summed E-state index contributed by atoms with van der Waals surface area (Å²) in [5.74, 6) is 2.24. The van der Waals surface area contributed by atoms with E-state index in [4.69, 9.17) is 17.3 Å². The van der Waals surface area contributed by atoms with E-state index in [0.29, 0.717) is 6.61 Å². The first-order valence-corrected chi connectivity index (χ1v) is 12.2. The molecule has 1 aliphatic carbocycles. The first-order chi connectivity index (χ1) is 16.5. The Kier molecular flexibility index (Phi) is 6.69. The zero-order valence-electron chi connectivity index (χ0n) is 19.7. The summed E-state index contributed by atoms with van der Waals surface area (Å²) in [6.07, 6.45) is 4.76. The standard InChI is InChI=1S/C28H31BFNO3/c1-18-25-14-23(32)8-11-26(25)34-28(27(18)20-2-6-22(29)7-3-20)21-4-9-24(10-5-21)33-13-12-31-16-19(15-30)17-31/h2,4-5,8-11,14,19,22,28,32H,3,6-7,12-13,15-17H2,1H3. The molecule has 0 bridgehead atoms. The number of phenols is 1. The van der Waals surface area contributed by atoms with Crippen LogP contribution in [0.4, 0.5) is 4.39 Å². The van der Waals surface area contributed by atoms with Gasteiger partial charge in [-0.3, -0.25) is 9.29 Å². The Morgan fingerprint density at radius 1 is 1.18 bits per heavy atom. The van der Waals surface area contributed by atoms with Gasteiger partial charge in [-0.1, -0.05) is 30.4 Å². The second kappa shape index (κ2) is 9.87. The number of benzene rings is 2. The largest absolute Gasteiger partial charge is 0.508 e. The van der Waals surface area contributed by atoms with Gasteiger partial charge in [-0.25, -0.2) is 0 Å². The quantitative estimate of drug-likeness (QED) is 0.544. The molecule has 2 unspecified atom stereocenters. The number of allylic oxidation sites excluding steroid dienone is 2. The van der Waals surface area contributed by atoms with Crippen molar-refractivity contribution in [1.29, 1.82) is 0 Å². The van der Waals surface area contributed by atoms with Crippen molar-refractivity contribution in [2.75, 3.05) is 32.9 Å². The number of likely N-dealkylation sites (tertiary alicyclic amines) is 1. The highest BCUT2D eigenvalue weighted by Crippen LogP contribution is 2.48. The number of halogens is 1. The fourth-order valence-electron chi connectivity index (χ4n) is 5.17. The van der Waals surface area contributed by atoms with Gasteiger partial charge in [-0.15, -0.1) is 0 Å². The fraction of sp³-hybridized carbons (Fsp3) is 0.429. The SMILES string of the molecule is [B]C1CC=C(C2=C(C)c3cc(O)ccc3OC2c2ccc(OCCN3CC(CF)C3)cc2)CC1. The van der Waals surface area contributed by atoms with Gasteiger partial charge in [0.15, 0.2) is 0 Å².